The fourth-order valence-electron chi connectivity index (χ4n) is 3.87. The predicted octanol–water partition coefficient (Wildman–Crippen LogP) is 5.44. The largest absolute Gasteiger partial charge is 0.354 e. The van der Waals surface area contributed by atoms with Gasteiger partial charge in [0.05, 0.1) is 17.1 Å². The van der Waals surface area contributed by atoms with E-state index in [1.54, 1.807) is 29.3 Å². The molecule has 2 aliphatic rings. The predicted molar refractivity (Wildman–Crippen MR) is 142 cm³/mol. The number of nitrogens with zero attached hydrogens (tertiary/aromatic N) is 5. The molecule has 0 radical (unpaired) electrons. The van der Waals surface area contributed by atoms with Crippen molar-refractivity contribution in [3.63, 3.8) is 0 Å². The van der Waals surface area contributed by atoms with E-state index in [2.05, 4.69) is 51.2 Å². The number of thioether (sulfide) groups is 1. The van der Waals surface area contributed by atoms with Crippen molar-refractivity contribution in [2.24, 2.45) is 4.99 Å². The number of allylic oxidation sites excluding steroid dienone is 4. The van der Waals surface area contributed by atoms with E-state index in [-0.39, 0.29) is 5.91 Å². The number of rotatable bonds is 7. The van der Waals surface area contributed by atoms with Crippen molar-refractivity contribution in [2.75, 3.05) is 30.3 Å². The SMILES string of the molecule is CCCCSc1ccnc(N=C2C=C(c3cnc(N4CCCNC(=O)C4)s3)CCC/C(C)=C\2)n1. The standard InChI is InChI=1S/C25H32N6OS2/c1-3-4-13-33-23-9-11-27-24(30-23)29-20-14-18(2)7-5-8-19(15-20)21-16-28-25(34-21)31-12-6-10-26-22(32)17-31/h9,11,14-16H,3-8,10,12-13,17H2,1-2H3,(H,26,32)/b18-14-,19-15?,29-20?. The Kier molecular flexibility index (Phi) is 8.87. The van der Waals surface area contributed by atoms with Crippen LogP contribution in [0.2, 0.25) is 0 Å². The van der Waals surface area contributed by atoms with E-state index in [0.717, 1.165) is 65.3 Å². The zero-order chi connectivity index (χ0) is 23.8. The van der Waals surface area contributed by atoms with Crippen molar-refractivity contribution in [3.05, 3.63) is 41.1 Å². The summed E-state index contributed by atoms with van der Waals surface area (Å²) in [5.41, 5.74) is 3.40. The summed E-state index contributed by atoms with van der Waals surface area (Å²) in [5, 5.41) is 4.80. The van der Waals surface area contributed by atoms with Gasteiger partial charge < -0.3 is 10.2 Å². The van der Waals surface area contributed by atoms with Crippen molar-refractivity contribution in [1.29, 1.82) is 0 Å². The first-order valence-electron chi connectivity index (χ1n) is 12.0. The summed E-state index contributed by atoms with van der Waals surface area (Å²) >= 11 is 3.41. The number of carbonyl (C=O) groups excluding carboxylic acids is 1. The van der Waals surface area contributed by atoms with Gasteiger partial charge in [0.25, 0.3) is 5.95 Å². The summed E-state index contributed by atoms with van der Waals surface area (Å²) < 4.78 is 0. The van der Waals surface area contributed by atoms with Crippen LogP contribution >= 0.6 is 23.1 Å². The monoisotopic (exact) mass is 496 g/mol. The second-order valence-corrected chi connectivity index (χ2v) is 10.7. The number of aromatic nitrogens is 3. The lowest BCUT2D eigenvalue weighted by Crippen LogP contribution is -2.32. The van der Waals surface area contributed by atoms with Gasteiger partial charge in [-0.2, -0.15) is 0 Å². The number of carbonyl (C=O) groups is 1. The molecule has 1 amide bonds. The minimum atomic E-state index is 0.0598. The molecule has 34 heavy (non-hydrogen) atoms. The van der Waals surface area contributed by atoms with Crippen LogP contribution in [-0.2, 0) is 4.79 Å². The first-order valence-corrected chi connectivity index (χ1v) is 13.8. The molecule has 0 saturated carbocycles. The van der Waals surface area contributed by atoms with Crippen molar-refractivity contribution < 1.29 is 4.79 Å². The summed E-state index contributed by atoms with van der Waals surface area (Å²) in [5.74, 6) is 1.61. The van der Waals surface area contributed by atoms with Gasteiger partial charge in [0.1, 0.15) is 5.03 Å². The smallest absolute Gasteiger partial charge is 0.250 e. The summed E-state index contributed by atoms with van der Waals surface area (Å²) in [4.78, 5) is 33.7. The summed E-state index contributed by atoms with van der Waals surface area (Å²) in [6.45, 7) is 6.28. The van der Waals surface area contributed by atoms with Crippen LogP contribution in [0, 0.1) is 0 Å². The number of nitrogens with one attached hydrogen (secondary N) is 1. The van der Waals surface area contributed by atoms with Gasteiger partial charge in [0.2, 0.25) is 5.91 Å². The summed E-state index contributed by atoms with van der Waals surface area (Å²) in [6.07, 6.45) is 14.4. The first-order chi connectivity index (χ1) is 16.6. The number of hydrogen-bond donors (Lipinski definition) is 1. The number of anilines is 1. The van der Waals surface area contributed by atoms with Gasteiger partial charge in [-0.05, 0) is 68.6 Å². The van der Waals surface area contributed by atoms with Crippen LogP contribution in [0.1, 0.15) is 57.2 Å². The molecule has 0 atom stereocenters. The van der Waals surface area contributed by atoms with Crippen molar-refractivity contribution in [1.82, 2.24) is 20.3 Å². The molecule has 2 aromatic heterocycles. The molecule has 1 aliphatic carbocycles. The van der Waals surface area contributed by atoms with E-state index in [9.17, 15) is 4.79 Å². The average molecular weight is 497 g/mol. The fourth-order valence-corrected chi connectivity index (χ4v) is 5.80. The van der Waals surface area contributed by atoms with Gasteiger partial charge >= 0.3 is 0 Å². The lowest BCUT2D eigenvalue weighted by molar-refractivity contribution is -0.119. The maximum atomic E-state index is 12.0. The highest BCUT2D eigenvalue weighted by Gasteiger charge is 2.19. The Balaban J connectivity index is 1.58. The van der Waals surface area contributed by atoms with Gasteiger partial charge in [0, 0.05) is 25.5 Å². The van der Waals surface area contributed by atoms with Crippen LogP contribution < -0.4 is 10.2 Å². The Morgan fingerprint density at radius 3 is 3.03 bits per heavy atom. The number of thiazole rings is 1. The maximum absolute atomic E-state index is 12.0. The van der Waals surface area contributed by atoms with Gasteiger partial charge in [-0.15, -0.1) is 11.8 Å². The number of hydrogen-bond acceptors (Lipinski definition) is 8. The van der Waals surface area contributed by atoms with E-state index in [1.807, 2.05) is 12.3 Å². The molecule has 4 rings (SSSR count). The molecular formula is C25H32N6OS2. The normalized spacial score (nSPS) is 20.1. The summed E-state index contributed by atoms with van der Waals surface area (Å²) in [7, 11) is 0. The third-order valence-corrected chi connectivity index (χ3v) is 7.82. The van der Waals surface area contributed by atoms with Gasteiger partial charge in [-0.1, -0.05) is 30.3 Å². The average Bonchev–Trinajstić information content (AvgIpc) is 3.19. The van der Waals surface area contributed by atoms with Gasteiger partial charge in [-0.25, -0.2) is 19.9 Å². The Hall–Kier alpha value is -2.52. The van der Waals surface area contributed by atoms with E-state index >= 15 is 0 Å². The number of amides is 1. The highest BCUT2D eigenvalue weighted by Crippen LogP contribution is 2.33. The van der Waals surface area contributed by atoms with Crippen LogP contribution in [0.25, 0.3) is 5.57 Å². The molecule has 1 saturated heterocycles. The molecule has 2 aromatic rings. The molecule has 7 nitrogen and oxygen atoms in total. The lowest BCUT2D eigenvalue weighted by atomic mass is 9.98. The van der Waals surface area contributed by atoms with Crippen LogP contribution in [0.5, 0.6) is 0 Å². The Morgan fingerprint density at radius 1 is 1.24 bits per heavy atom. The highest BCUT2D eigenvalue weighted by atomic mass is 32.2. The molecular weight excluding hydrogens is 464 g/mol. The van der Waals surface area contributed by atoms with E-state index in [0.29, 0.717) is 12.5 Å². The molecule has 9 heteroatoms. The van der Waals surface area contributed by atoms with Crippen LogP contribution in [-0.4, -0.2) is 52.0 Å². The second kappa shape index (κ2) is 12.3. The van der Waals surface area contributed by atoms with E-state index in [1.165, 1.54) is 24.0 Å². The Bertz CT molecular complexity index is 1090. The minimum Gasteiger partial charge on any atom is -0.354 e. The fraction of sp³-hybridized carbons (Fsp3) is 0.480. The van der Waals surface area contributed by atoms with Crippen molar-refractivity contribution >= 4 is 51.4 Å². The molecule has 1 fully saturated rings. The lowest BCUT2D eigenvalue weighted by Gasteiger charge is -2.17. The minimum absolute atomic E-state index is 0.0598. The third-order valence-electron chi connectivity index (χ3n) is 5.67. The first kappa shape index (κ1) is 24.6. The van der Waals surface area contributed by atoms with E-state index in [4.69, 9.17) is 4.99 Å². The molecule has 0 aromatic carbocycles. The molecule has 1 N–H and O–H groups in total. The quantitative estimate of drug-likeness (QED) is 0.312. The van der Waals surface area contributed by atoms with Crippen molar-refractivity contribution in [2.45, 2.75) is 57.4 Å². The molecule has 1 aliphatic heterocycles. The Morgan fingerprint density at radius 2 is 2.15 bits per heavy atom. The number of unbranched alkanes of at least 4 members (excludes halogenated alkanes) is 1. The number of aliphatic imine (C=N–C) groups is 1. The molecule has 0 bridgehead atoms. The second-order valence-electron chi connectivity index (χ2n) is 8.58. The van der Waals surface area contributed by atoms with Crippen molar-refractivity contribution in [3.8, 4) is 0 Å². The van der Waals surface area contributed by atoms with Crippen LogP contribution in [0.3, 0.4) is 0 Å². The molecule has 180 valence electrons. The molecule has 0 unspecified atom stereocenters. The maximum Gasteiger partial charge on any atom is 0.250 e. The molecule has 0 spiro atoms. The van der Waals surface area contributed by atoms with Gasteiger partial charge in [0.15, 0.2) is 5.13 Å². The summed E-state index contributed by atoms with van der Waals surface area (Å²) in [6, 6.07) is 1.95. The van der Waals surface area contributed by atoms with Crippen LogP contribution in [0.4, 0.5) is 11.1 Å². The molecule has 3 heterocycles. The third kappa shape index (κ3) is 6.99. The topological polar surface area (TPSA) is 83.4 Å². The Labute approximate surface area is 209 Å². The van der Waals surface area contributed by atoms with E-state index < -0.39 is 0 Å². The zero-order valence-electron chi connectivity index (χ0n) is 19.9. The highest BCUT2D eigenvalue weighted by molar-refractivity contribution is 7.99. The van der Waals surface area contributed by atoms with Crippen LogP contribution in [0.15, 0.2) is 46.2 Å². The van der Waals surface area contributed by atoms with Gasteiger partial charge in [-0.3, -0.25) is 4.79 Å². The zero-order valence-corrected chi connectivity index (χ0v) is 21.6.